The molecule has 2 aromatic rings. The van der Waals surface area contributed by atoms with E-state index in [2.05, 4.69) is 15.1 Å². The Kier molecular flexibility index (Phi) is 3.77. The van der Waals surface area contributed by atoms with Crippen LogP contribution in [-0.2, 0) is 16.0 Å². The van der Waals surface area contributed by atoms with Crippen LogP contribution in [0, 0.1) is 13.8 Å². The number of carbonyl (C=O) groups excluding carboxylic acids is 1. The van der Waals surface area contributed by atoms with Gasteiger partial charge in [0.2, 0.25) is 5.91 Å². The summed E-state index contributed by atoms with van der Waals surface area (Å²) < 4.78 is 6.82. The lowest BCUT2D eigenvalue weighted by Gasteiger charge is -2.26. The van der Waals surface area contributed by atoms with E-state index >= 15 is 0 Å². The molecule has 1 fully saturated rings. The Hall–Kier alpha value is -1.73. The number of aryl methyl sites for hydroxylation is 2. The van der Waals surface area contributed by atoms with Crippen LogP contribution in [0.25, 0.3) is 5.78 Å². The van der Waals surface area contributed by atoms with Gasteiger partial charge in [0.05, 0.1) is 36.0 Å². The highest BCUT2D eigenvalue weighted by Gasteiger charge is 2.20. The molecule has 8 heteroatoms. The molecule has 1 aliphatic heterocycles. The number of aromatic nitrogens is 4. The van der Waals surface area contributed by atoms with Crippen molar-refractivity contribution in [3.8, 4) is 0 Å². The molecule has 7 nitrogen and oxygen atoms in total. The zero-order valence-electron chi connectivity index (χ0n) is 12.0. The third-order valence-corrected chi connectivity index (χ3v) is 4.07. The van der Waals surface area contributed by atoms with Gasteiger partial charge in [-0.2, -0.15) is 9.50 Å². The number of hydrogen-bond donors (Lipinski definition) is 0. The van der Waals surface area contributed by atoms with E-state index in [0.29, 0.717) is 48.6 Å². The standard InChI is InChI=1S/C13H16ClN5O2/c1-8-12(14)9(2)19-13(15-8)16-10(17-19)7-11(20)18-3-5-21-6-4-18/h3-7H2,1-2H3. The topological polar surface area (TPSA) is 72.6 Å². The van der Waals surface area contributed by atoms with Crippen LogP contribution >= 0.6 is 11.6 Å². The molecule has 0 aromatic carbocycles. The predicted molar refractivity (Wildman–Crippen MR) is 76.4 cm³/mol. The van der Waals surface area contributed by atoms with Gasteiger partial charge in [-0.15, -0.1) is 5.10 Å². The first-order chi connectivity index (χ1) is 10.1. The van der Waals surface area contributed by atoms with Gasteiger partial charge in [0, 0.05) is 13.1 Å². The van der Waals surface area contributed by atoms with Gasteiger partial charge in [0.1, 0.15) is 0 Å². The minimum atomic E-state index is 0.00896. The lowest BCUT2D eigenvalue weighted by Crippen LogP contribution is -2.41. The number of halogens is 1. The van der Waals surface area contributed by atoms with E-state index in [0.717, 1.165) is 5.69 Å². The molecule has 0 saturated carbocycles. The molecule has 0 bridgehead atoms. The highest BCUT2D eigenvalue weighted by molar-refractivity contribution is 6.31. The minimum absolute atomic E-state index is 0.00896. The minimum Gasteiger partial charge on any atom is -0.378 e. The highest BCUT2D eigenvalue weighted by Crippen LogP contribution is 2.18. The average Bonchev–Trinajstić information content (AvgIpc) is 2.88. The SMILES string of the molecule is Cc1nc2nc(CC(=O)N3CCOCC3)nn2c(C)c1Cl. The van der Waals surface area contributed by atoms with Crippen molar-refractivity contribution in [3.63, 3.8) is 0 Å². The van der Waals surface area contributed by atoms with Crippen LogP contribution in [0.3, 0.4) is 0 Å². The maximum absolute atomic E-state index is 12.2. The number of hydrogen-bond acceptors (Lipinski definition) is 5. The zero-order valence-corrected chi connectivity index (χ0v) is 12.7. The van der Waals surface area contributed by atoms with Gasteiger partial charge in [-0.05, 0) is 13.8 Å². The number of amides is 1. The highest BCUT2D eigenvalue weighted by atomic mass is 35.5. The molecule has 3 heterocycles. The normalized spacial score (nSPS) is 15.7. The molecule has 112 valence electrons. The number of fused-ring (bicyclic) bond motifs is 1. The first kappa shape index (κ1) is 14.2. The Bertz CT molecular complexity index is 693. The Labute approximate surface area is 126 Å². The van der Waals surface area contributed by atoms with Crippen molar-refractivity contribution >= 4 is 23.3 Å². The maximum Gasteiger partial charge on any atom is 0.252 e. The summed E-state index contributed by atoms with van der Waals surface area (Å²) in [6, 6.07) is 0. The van der Waals surface area contributed by atoms with Crippen LogP contribution < -0.4 is 0 Å². The van der Waals surface area contributed by atoms with Crippen molar-refractivity contribution in [3.05, 3.63) is 22.2 Å². The average molecular weight is 310 g/mol. The quantitative estimate of drug-likeness (QED) is 0.820. The lowest BCUT2D eigenvalue weighted by atomic mass is 10.3. The van der Waals surface area contributed by atoms with Crippen LogP contribution in [0.5, 0.6) is 0 Å². The Morgan fingerprint density at radius 1 is 1.29 bits per heavy atom. The Morgan fingerprint density at radius 2 is 2.00 bits per heavy atom. The molecule has 0 aliphatic carbocycles. The van der Waals surface area contributed by atoms with Gasteiger partial charge >= 0.3 is 0 Å². The number of morpholine rings is 1. The molecule has 0 unspecified atom stereocenters. The van der Waals surface area contributed by atoms with Crippen LogP contribution in [0.2, 0.25) is 5.02 Å². The predicted octanol–water partition coefficient (Wildman–Crippen LogP) is 0.796. The van der Waals surface area contributed by atoms with Crippen LogP contribution in [0.15, 0.2) is 0 Å². The van der Waals surface area contributed by atoms with E-state index < -0.39 is 0 Å². The first-order valence-corrected chi connectivity index (χ1v) is 7.18. The summed E-state index contributed by atoms with van der Waals surface area (Å²) in [4.78, 5) is 22.6. The molecular formula is C13H16ClN5O2. The third-order valence-electron chi connectivity index (χ3n) is 3.53. The van der Waals surface area contributed by atoms with Crippen molar-refractivity contribution in [2.24, 2.45) is 0 Å². The summed E-state index contributed by atoms with van der Waals surface area (Å²) in [5.74, 6) is 0.942. The summed E-state index contributed by atoms with van der Waals surface area (Å²) >= 11 is 6.15. The fraction of sp³-hybridized carbons (Fsp3) is 0.538. The van der Waals surface area contributed by atoms with Crippen LogP contribution in [-0.4, -0.2) is 56.7 Å². The van der Waals surface area contributed by atoms with Gasteiger partial charge in [0.25, 0.3) is 5.78 Å². The van der Waals surface area contributed by atoms with Crippen molar-refractivity contribution in [1.82, 2.24) is 24.5 Å². The molecule has 1 saturated heterocycles. The van der Waals surface area contributed by atoms with Crippen molar-refractivity contribution in [2.45, 2.75) is 20.3 Å². The number of rotatable bonds is 2. The Morgan fingerprint density at radius 3 is 2.71 bits per heavy atom. The molecule has 0 spiro atoms. The van der Waals surface area contributed by atoms with E-state index in [1.165, 1.54) is 0 Å². The second-order valence-electron chi connectivity index (χ2n) is 5.01. The second-order valence-corrected chi connectivity index (χ2v) is 5.38. The second kappa shape index (κ2) is 5.57. The smallest absolute Gasteiger partial charge is 0.252 e. The number of ether oxygens (including phenoxy) is 1. The summed E-state index contributed by atoms with van der Waals surface area (Å²) in [7, 11) is 0. The Balaban J connectivity index is 1.84. The van der Waals surface area contributed by atoms with Gasteiger partial charge in [-0.25, -0.2) is 4.98 Å². The van der Waals surface area contributed by atoms with E-state index in [9.17, 15) is 4.79 Å². The van der Waals surface area contributed by atoms with E-state index in [1.807, 2.05) is 13.8 Å². The molecule has 3 rings (SSSR count). The number of carbonyl (C=O) groups is 1. The molecule has 21 heavy (non-hydrogen) atoms. The van der Waals surface area contributed by atoms with Gasteiger partial charge in [-0.1, -0.05) is 11.6 Å². The molecule has 1 aliphatic rings. The van der Waals surface area contributed by atoms with Gasteiger partial charge in [-0.3, -0.25) is 4.79 Å². The third kappa shape index (κ3) is 2.71. The van der Waals surface area contributed by atoms with Gasteiger partial charge < -0.3 is 9.64 Å². The number of nitrogens with zero attached hydrogens (tertiary/aromatic N) is 5. The van der Waals surface area contributed by atoms with Crippen molar-refractivity contribution < 1.29 is 9.53 Å². The molecule has 2 aromatic heterocycles. The van der Waals surface area contributed by atoms with Crippen LogP contribution in [0.1, 0.15) is 17.2 Å². The molecule has 1 amide bonds. The molecule has 0 atom stereocenters. The van der Waals surface area contributed by atoms with E-state index in [1.54, 1.807) is 9.42 Å². The molecule has 0 N–H and O–H groups in total. The fourth-order valence-electron chi connectivity index (χ4n) is 2.33. The van der Waals surface area contributed by atoms with E-state index in [-0.39, 0.29) is 12.3 Å². The van der Waals surface area contributed by atoms with E-state index in [4.69, 9.17) is 16.3 Å². The maximum atomic E-state index is 12.2. The van der Waals surface area contributed by atoms with Crippen molar-refractivity contribution in [2.75, 3.05) is 26.3 Å². The molecule has 0 radical (unpaired) electrons. The summed E-state index contributed by atoms with van der Waals surface area (Å²) in [5, 5.41) is 4.90. The monoisotopic (exact) mass is 309 g/mol. The molecular weight excluding hydrogens is 294 g/mol. The summed E-state index contributed by atoms with van der Waals surface area (Å²) in [6.07, 6.45) is 0.166. The zero-order chi connectivity index (χ0) is 15.0. The van der Waals surface area contributed by atoms with Crippen LogP contribution in [0.4, 0.5) is 0 Å². The summed E-state index contributed by atoms with van der Waals surface area (Å²) in [5.41, 5.74) is 1.48. The lowest BCUT2D eigenvalue weighted by molar-refractivity contribution is -0.134. The fourth-order valence-corrected chi connectivity index (χ4v) is 2.45. The van der Waals surface area contributed by atoms with Crippen molar-refractivity contribution in [1.29, 1.82) is 0 Å². The first-order valence-electron chi connectivity index (χ1n) is 6.80. The summed E-state index contributed by atoms with van der Waals surface area (Å²) in [6.45, 7) is 6.08. The van der Waals surface area contributed by atoms with Gasteiger partial charge in [0.15, 0.2) is 5.82 Å². The largest absolute Gasteiger partial charge is 0.378 e.